The zero-order valence-corrected chi connectivity index (χ0v) is 12.1. The highest BCUT2D eigenvalue weighted by Gasteiger charge is 2.28. The number of hydrogen-bond donors (Lipinski definition) is 3. The van der Waals surface area contributed by atoms with Crippen LogP contribution in [0.1, 0.15) is 44.9 Å². The van der Waals surface area contributed by atoms with Crippen molar-refractivity contribution in [3.63, 3.8) is 0 Å². The van der Waals surface area contributed by atoms with Crippen LogP contribution in [0.4, 0.5) is 4.79 Å². The number of carbonyl (C=O) groups is 3. The van der Waals surface area contributed by atoms with Gasteiger partial charge in [0.2, 0.25) is 5.91 Å². The Balaban J connectivity index is 1.71. The molecule has 1 aliphatic carbocycles. The van der Waals surface area contributed by atoms with E-state index in [-0.39, 0.29) is 37.4 Å². The van der Waals surface area contributed by atoms with Crippen molar-refractivity contribution >= 4 is 17.9 Å². The number of carboxylic acids is 1. The normalized spacial score (nSPS) is 21.7. The maximum Gasteiger partial charge on any atom is 0.317 e. The van der Waals surface area contributed by atoms with Gasteiger partial charge in [-0.2, -0.15) is 0 Å². The highest BCUT2D eigenvalue weighted by molar-refractivity contribution is 5.79. The second-order valence-electron chi connectivity index (χ2n) is 5.76. The molecule has 2 aliphatic rings. The number of carbonyl (C=O) groups excluding carboxylic acids is 2. The number of hydrogen-bond acceptors (Lipinski definition) is 3. The molecule has 0 radical (unpaired) electrons. The predicted molar refractivity (Wildman–Crippen MR) is 75.8 cm³/mol. The summed E-state index contributed by atoms with van der Waals surface area (Å²) in [5.41, 5.74) is 0. The lowest BCUT2D eigenvalue weighted by molar-refractivity contribution is -0.138. The Morgan fingerprint density at radius 3 is 2.57 bits per heavy atom. The predicted octanol–water partition coefficient (Wildman–Crippen LogP) is 0.694. The average Bonchev–Trinajstić information content (AvgIpc) is 3.22. The van der Waals surface area contributed by atoms with Gasteiger partial charge in [0.25, 0.3) is 0 Å². The first-order valence-corrected chi connectivity index (χ1v) is 7.62. The van der Waals surface area contributed by atoms with Crippen molar-refractivity contribution in [3.05, 3.63) is 0 Å². The van der Waals surface area contributed by atoms with Crippen LogP contribution in [0.5, 0.6) is 0 Å². The lowest BCUT2D eigenvalue weighted by Crippen LogP contribution is -2.49. The topological polar surface area (TPSA) is 98.7 Å². The first kappa shape index (κ1) is 15.6. The Bertz CT molecular complexity index is 409. The number of aliphatic carboxylic acids is 1. The van der Waals surface area contributed by atoms with Crippen molar-refractivity contribution in [2.75, 3.05) is 13.1 Å². The molecule has 0 aromatic carbocycles. The summed E-state index contributed by atoms with van der Waals surface area (Å²) in [5.74, 6) is -0.929. The van der Waals surface area contributed by atoms with Crippen LogP contribution in [0.15, 0.2) is 0 Å². The van der Waals surface area contributed by atoms with E-state index in [0.29, 0.717) is 12.6 Å². The first-order chi connectivity index (χ1) is 10.1. The summed E-state index contributed by atoms with van der Waals surface area (Å²) in [6.45, 7) is 0.867. The molecule has 7 heteroatoms. The van der Waals surface area contributed by atoms with Gasteiger partial charge >= 0.3 is 12.0 Å². The minimum absolute atomic E-state index is 0.0183. The SMILES string of the molecule is O=C(O)CC1CCCCN1C(=O)NCCC(=O)NC1CC1. The summed E-state index contributed by atoms with van der Waals surface area (Å²) in [6.07, 6.45) is 4.90. The summed E-state index contributed by atoms with van der Waals surface area (Å²) in [6, 6.07) is -0.174. The molecule has 2 rings (SSSR count). The fourth-order valence-electron chi connectivity index (χ4n) is 2.59. The third-order valence-corrected chi connectivity index (χ3v) is 3.87. The molecule has 21 heavy (non-hydrogen) atoms. The Morgan fingerprint density at radius 1 is 1.14 bits per heavy atom. The van der Waals surface area contributed by atoms with Crippen LogP contribution in [-0.2, 0) is 9.59 Å². The van der Waals surface area contributed by atoms with Gasteiger partial charge in [0.1, 0.15) is 0 Å². The smallest absolute Gasteiger partial charge is 0.317 e. The number of carboxylic acid groups (broad SMARTS) is 1. The standard InChI is InChI=1S/C14H23N3O4/c18-12(16-10-4-5-10)6-7-15-14(21)17-8-2-1-3-11(17)9-13(19)20/h10-11H,1-9H2,(H,15,21)(H,16,18)(H,19,20). The molecule has 7 nitrogen and oxygen atoms in total. The molecular formula is C14H23N3O4. The molecular weight excluding hydrogens is 274 g/mol. The molecule has 1 atom stereocenters. The number of nitrogens with one attached hydrogen (secondary N) is 2. The summed E-state index contributed by atoms with van der Waals surface area (Å²) < 4.78 is 0. The highest BCUT2D eigenvalue weighted by atomic mass is 16.4. The summed E-state index contributed by atoms with van der Waals surface area (Å²) in [5, 5.41) is 14.5. The molecule has 1 heterocycles. The minimum atomic E-state index is -0.886. The highest BCUT2D eigenvalue weighted by Crippen LogP contribution is 2.20. The molecule has 0 aromatic heterocycles. The molecule has 0 bridgehead atoms. The van der Waals surface area contributed by atoms with Crippen LogP contribution in [0, 0.1) is 0 Å². The number of likely N-dealkylation sites (tertiary alicyclic amines) is 1. The molecule has 118 valence electrons. The molecule has 3 N–H and O–H groups in total. The number of amides is 3. The Kier molecular flexibility index (Phi) is 5.41. The van der Waals surface area contributed by atoms with Crippen LogP contribution in [0.25, 0.3) is 0 Å². The van der Waals surface area contributed by atoms with E-state index >= 15 is 0 Å². The third-order valence-electron chi connectivity index (χ3n) is 3.87. The van der Waals surface area contributed by atoms with Crippen LogP contribution < -0.4 is 10.6 Å². The molecule has 1 saturated heterocycles. The number of piperidine rings is 1. The van der Waals surface area contributed by atoms with Gasteiger partial charge in [0, 0.05) is 31.6 Å². The van der Waals surface area contributed by atoms with Crippen LogP contribution in [0.2, 0.25) is 0 Å². The van der Waals surface area contributed by atoms with Gasteiger partial charge in [-0.1, -0.05) is 0 Å². The molecule has 3 amide bonds. The zero-order chi connectivity index (χ0) is 15.2. The van der Waals surface area contributed by atoms with Crippen molar-refractivity contribution < 1.29 is 19.5 Å². The summed E-state index contributed by atoms with van der Waals surface area (Å²) in [4.78, 5) is 36.0. The number of rotatable bonds is 6. The van der Waals surface area contributed by atoms with E-state index in [0.717, 1.165) is 32.1 Å². The van der Waals surface area contributed by atoms with Gasteiger partial charge in [0.05, 0.1) is 6.42 Å². The lowest BCUT2D eigenvalue weighted by atomic mass is 10.00. The molecule has 1 aliphatic heterocycles. The van der Waals surface area contributed by atoms with Gasteiger partial charge in [-0.3, -0.25) is 9.59 Å². The largest absolute Gasteiger partial charge is 0.481 e. The van der Waals surface area contributed by atoms with Crippen LogP contribution in [-0.4, -0.2) is 53.1 Å². The monoisotopic (exact) mass is 297 g/mol. The van der Waals surface area contributed by atoms with E-state index in [4.69, 9.17) is 5.11 Å². The van der Waals surface area contributed by atoms with E-state index in [1.54, 1.807) is 4.90 Å². The molecule has 1 unspecified atom stereocenters. The Hall–Kier alpha value is -1.79. The third kappa shape index (κ3) is 5.24. The summed E-state index contributed by atoms with van der Waals surface area (Å²) >= 11 is 0. The fraction of sp³-hybridized carbons (Fsp3) is 0.786. The molecule has 0 spiro atoms. The van der Waals surface area contributed by atoms with Gasteiger partial charge < -0.3 is 20.6 Å². The number of urea groups is 1. The zero-order valence-electron chi connectivity index (χ0n) is 12.1. The average molecular weight is 297 g/mol. The van der Waals surface area contributed by atoms with Gasteiger partial charge in [-0.15, -0.1) is 0 Å². The van der Waals surface area contributed by atoms with Crippen molar-refractivity contribution in [1.29, 1.82) is 0 Å². The van der Waals surface area contributed by atoms with E-state index in [9.17, 15) is 14.4 Å². The maximum atomic E-state index is 12.1. The van der Waals surface area contributed by atoms with Crippen molar-refractivity contribution in [1.82, 2.24) is 15.5 Å². The fourth-order valence-corrected chi connectivity index (χ4v) is 2.59. The minimum Gasteiger partial charge on any atom is -0.481 e. The van der Waals surface area contributed by atoms with E-state index in [1.165, 1.54) is 0 Å². The molecule has 1 saturated carbocycles. The van der Waals surface area contributed by atoms with Crippen molar-refractivity contribution in [2.45, 2.75) is 57.0 Å². The van der Waals surface area contributed by atoms with E-state index < -0.39 is 5.97 Å². The summed E-state index contributed by atoms with van der Waals surface area (Å²) in [7, 11) is 0. The van der Waals surface area contributed by atoms with Crippen molar-refractivity contribution in [2.24, 2.45) is 0 Å². The Labute approximate surface area is 124 Å². The second-order valence-corrected chi connectivity index (χ2v) is 5.76. The van der Waals surface area contributed by atoms with Gasteiger partial charge in [0.15, 0.2) is 0 Å². The van der Waals surface area contributed by atoms with E-state index in [1.807, 2.05) is 0 Å². The quantitative estimate of drug-likeness (QED) is 0.672. The molecule has 0 aromatic rings. The maximum absolute atomic E-state index is 12.1. The van der Waals surface area contributed by atoms with Crippen LogP contribution in [0.3, 0.4) is 0 Å². The van der Waals surface area contributed by atoms with E-state index in [2.05, 4.69) is 10.6 Å². The second kappa shape index (κ2) is 7.28. The van der Waals surface area contributed by atoms with Crippen molar-refractivity contribution in [3.8, 4) is 0 Å². The van der Waals surface area contributed by atoms with Crippen LogP contribution >= 0.6 is 0 Å². The number of nitrogens with zero attached hydrogens (tertiary/aromatic N) is 1. The Morgan fingerprint density at radius 2 is 1.90 bits per heavy atom. The van der Waals surface area contributed by atoms with Gasteiger partial charge in [-0.25, -0.2) is 4.79 Å². The first-order valence-electron chi connectivity index (χ1n) is 7.62. The van der Waals surface area contributed by atoms with Gasteiger partial charge in [-0.05, 0) is 32.1 Å². The lowest BCUT2D eigenvalue weighted by Gasteiger charge is -2.34. The molecule has 2 fully saturated rings.